The van der Waals surface area contributed by atoms with Crippen molar-refractivity contribution < 1.29 is 13.6 Å². The highest BCUT2D eigenvalue weighted by Gasteiger charge is 2.41. The minimum atomic E-state index is -0.624. The van der Waals surface area contributed by atoms with Gasteiger partial charge in [-0.15, -0.1) is 0 Å². The lowest BCUT2D eigenvalue weighted by molar-refractivity contribution is -0.125. The monoisotopic (exact) mass is 429 g/mol. The van der Waals surface area contributed by atoms with Crippen molar-refractivity contribution in [1.82, 2.24) is 9.97 Å². The van der Waals surface area contributed by atoms with Gasteiger partial charge in [-0.25, -0.2) is 13.8 Å². The number of nitrogens with one attached hydrogen (secondary N) is 1. The number of halogens is 2. The van der Waals surface area contributed by atoms with E-state index in [1.807, 2.05) is 13.8 Å². The third-order valence-corrected chi connectivity index (χ3v) is 6.33. The van der Waals surface area contributed by atoms with Gasteiger partial charge in [-0.05, 0) is 51.3 Å². The second-order valence-corrected chi connectivity index (χ2v) is 9.29. The summed E-state index contributed by atoms with van der Waals surface area (Å²) in [7, 11) is 1.76. The maximum absolute atomic E-state index is 13.6. The Balaban J connectivity index is 1.70. The topological polar surface area (TPSA) is 61.4 Å². The molecule has 1 N–H and O–H groups in total. The second kappa shape index (κ2) is 8.05. The fraction of sp³-hybridized carbons (Fsp3) is 0.522. The van der Waals surface area contributed by atoms with Crippen molar-refractivity contribution in [3.63, 3.8) is 0 Å². The molecule has 8 heteroatoms. The first-order chi connectivity index (χ1) is 14.7. The largest absolute Gasteiger partial charge is 0.351 e. The number of carbonyl (C=O) groups excluding carboxylic acids is 1. The number of fused-ring (bicyclic) bond motifs is 1. The standard InChI is InChI=1S/C23H29F2N5O/c1-14(15-9-16(24)11-17(25)10-15)27-22-26-12-19-20(28-22)30(18-7-5-6-8-18)13-23(2,3)21(31)29(19)4/h9-12,14,18H,5-8,13H2,1-4H3,(H,26,27,28). The van der Waals surface area contributed by atoms with E-state index in [-0.39, 0.29) is 5.91 Å². The zero-order valence-corrected chi connectivity index (χ0v) is 18.5. The van der Waals surface area contributed by atoms with E-state index in [1.165, 1.54) is 25.0 Å². The molecule has 0 saturated heterocycles. The molecule has 166 valence electrons. The van der Waals surface area contributed by atoms with Gasteiger partial charge in [0, 0.05) is 25.7 Å². The Labute approximate surface area is 181 Å². The smallest absolute Gasteiger partial charge is 0.234 e. The van der Waals surface area contributed by atoms with Crippen LogP contribution in [0.15, 0.2) is 24.4 Å². The summed E-state index contributed by atoms with van der Waals surface area (Å²) in [4.78, 5) is 26.1. The molecule has 1 atom stereocenters. The van der Waals surface area contributed by atoms with E-state index in [2.05, 4.69) is 15.2 Å². The fourth-order valence-corrected chi connectivity index (χ4v) is 4.64. The summed E-state index contributed by atoms with van der Waals surface area (Å²) in [6.07, 6.45) is 6.13. The van der Waals surface area contributed by atoms with Crippen molar-refractivity contribution in [2.24, 2.45) is 5.41 Å². The number of benzene rings is 1. The molecule has 2 aliphatic rings. The summed E-state index contributed by atoms with van der Waals surface area (Å²) < 4.78 is 27.3. The first-order valence-corrected chi connectivity index (χ1v) is 10.8. The predicted molar refractivity (Wildman–Crippen MR) is 117 cm³/mol. The van der Waals surface area contributed by atoms with E-state index in [0.717, 1.165) is 24.7 Å². The normalized spacial score (nSPS) is 19.9. The highest BCUT2D eigenvalue weighted by atomic mass is 19.1. The molecule has 2 aromatic rings. The Morgan fingerprint density at radius 3 is 2.45 bits per heavy atom. The molecule has 0 bridgehead atoms. The molecule has 1 fully saturated rings. The Bertz CT molecular complexity index is 970. The van der Waals surface area contributed by atoms with Gasteiger partial charge >= 0.3 is 0 Å². The lowest BCUT2D eigenvalue weighted by atomic mass is 9.91. The van der Waals surface area contributed by atoms with E-state index in [4.69, 9.17) is 4.98 Å². The van der Waals surface area contributed by atoms with Crippen molar-refractivity contribution in [2.45, 2.75) is 58.5 Å². The van der Waals surface area contributed by atoms with E-state index in [9.17, 15) is 13.6 Å². The molecule has 0 radical (unpaired) electrons. The summed E-state index contributed by atoms with van der Waals surface area (Å²) in [6.45, 7) is 6.31. The molecule has 1 aromatic heterocycles. The van der Waals surface area contributed by atoms with Gasteiger partial charge in [0.2, 0.25) is 11.9 Å². The van der Waals surface area contributed by atoms with Crippen molar-refractivity contribution in [2.75, 3.05) is 28.7 Å². The number of anilines is 3. The summed E-state index contributed by atoms with van der Waals surface area (Å²) in [6, 6.07) is 3.37. The third kappa shape index (κ3) is 4.20. The molecular formula is C23H29F2N5O. The van der Waals surface area contributed by atoms with E-state index in [1.54, 1.807) is 25.1 Å². The molecule has 1 aromatic carbocycles. The minimum Gasteiger partial charge on any atom is -0.351 e. The van der Waals surface area contributed by atoms with Crippen molar-refractivity contribution >= 4 is 23.4 Å². The number of carbonyl (C=O) groups is 1. The molecule has 1 aliphatic heterocycles. The van der Waals surface area contributed by atoms with Crippen LogP contribution in [-0.4, -0.2) is 35.5 Å². The third-order valence-electron chi connectivity index (χ3n) is 6.33. The highest BCUT2D eigenvalue weighted by Crippen LogP contribution is 2.40. The Kier molecular flexibility index (Phi) is 5.58. The van der Waals surface area contributed by atoms with Gasteiger partial charge in [-0.1, -0.05) is 12.8 Å². The number of rotatable bonds is 4. The molecule has 1 saturated carbocycles. The van der Waals surface area contributed by atoms with Gasteiger partial charge in [-0.2, -0.15) is 4.98 Å². The minimum absolute atomic E-state index is 0.0298. The van der Waals surface area contributed by atoms with Gasteiger partial charge in [0.15, 0.2) is 5.82 Å². The SMILES string of the molecule is CC(Nc1ncc2c(n1)N(C1CCCC1)CC(C)(C)C(=O)N2C)c1cc(F)cc(F)c1. The average molecular weight is 430 g/mol. The molecule has 31 heavy (non-hydrogen) atoms. The molecular weight excluding hydrogens is 400 g/mol. The molecule has 2 heterocycles. The van der Waals surface area contributed by atoms with Crippen LogP contribution in [0.3, 0.4) is 0 Å². The lowest BCUT2D eigenvalue weighted by Crippen LogP contribution is -2.45. The molecule has 0 spiro atoms. The van der Waals surface area contributed by atoms with Crippen LogP contribution in [0.4, 0.5) is 26.2 Å². The van der Waals surface area contributed by atoms with E-state index < -0.39 is 23.1 Å². The van der Waals surface area contributed by atoms with E-state index >= 15 is 0 Å². The molecule has 4 rings (SSSR count). The number of nitrogens with zero attached hydrogens (tertiary/aromatic N) is 4. The number of aromatic nitrogens is 2. The summed E-state index contributed by atoms with van der Waals surface area (Å²) >= 11 is 0. The van der Waals surface area contributed by atoms with Gasteiger partial charge < -0.3 is 15.1 Å². The second-order valence-electron chi connectivity index (χ2n) is 9.29. The summed E-state index contributed by atoms with van der Waals surface area (Å²) in [5.74, 6) is -0.132. The zero-order valence-electron chi connectivity index (χ0n) is 18.5. The van der Waals surface area contributed by atoms with Gasteiger partial charge in [0.05, 0.1) is 17.7 Å². The van der Waals surface area contributed by atoms with Gasteiger partial charge in [0.25, 0.3) is 0 Å². The molecule has 1 unspecified atom stereocenters. The van der Waals surface area contributed by atoms with Gasteiger partial charge in [0.1, 0.15) is 17.3 Å². The zero-order chi connectivity index (χ0) is 22.3. The molecule has 1 aliphatic carbocycles. The Hall–Kier alpha value is -2.77. The van der Waals surface area contributed by atoms with Gasteiger partial charge in [-0.3, -0.25) is 4.79 Å². The van der Waals surface area contributed by atoms with Crippen LogP contribution in [0.2, 0.25) is 0 Å². The quantitative estimate of drug-likeness (QED) is 0.765. The predicted octanol–water partition coefficient (Wildman–Crippen LogP) is 4.68. The Morgan fingerprint density at radius 2 is 1.81 bits per heavy atom. The van der Waals surface area contributed by atoms with Crippen molar-refractivity contribution in [3.8, 4) is 0 Å². The maximum atomic E-state index is 13.6. The average Bonchev–Trinajstić information content (AvgIpc) is 3.22. The maximum Gasteiger partial charge on any atom is 0.234 e. The van der Waals surface area contributed by atoms with Crippen molar-refractivity contribution in [1.29, 1.82) is 0 Å². The van der Waals surface area contributed by atoms with Crippen LogP contribution < -0.4 is 15.1 Å². The van der Waals surface area contributed by atoms with Crippen LogP contribution in [0.25, 0.3) is 0 Å². The van der Waals surface area contributed by atoms with Crippen LogP contribution in [-0.2, 0) is 4.79 Å². The fourth-order valence-electron chi connectivity index (χ4n) is 4.64. The first kappa shape index (κ1) is 21.5. The lowest BCUT2D eigenvalue weighted by Gasteiger charge is -2.34. The van der Waals surface area contributed by atoms with E-state index in [0.29, 0.717) is 29.8 Å². The number of hydrogen-bond donors (Lipinski definition) is 1. The number of amides is 1. The molecule has 6 nitrogen and oxygen atoms in total. The van der Waals surface area contributed by atoms with Crippen LogP contribution >= 0.6 is 0 Å². The summed E-state index contributed by atoms with van der Waals surface area (Å²) in [5.41, 5.74) is 0.590. The van der Waals surface area contributed by atoms with Crippen molar-refractivity contribution in [3.05, 3.63) is 41.6 Å². The summed E-state index contributed by atoms with van der Waals surface area (Å²) in [5, 5.41) is 3.16. The Morgan fingerprint density at radius 1 is 1.16 bits per heavy atom. The molecule has 1 amide bonds. The van der Waals surface area contributed by atoms with Crippen LogP contribution in [0.1, 0.15) is 58.1 Å². The highest BCUT2D eigenvalue weighted by molar-refractivity contribution is 6.00. The number of hydrogen-bond acceptors (Lipinski definition) is 5. The van der Waals surface area contributed by atoms with Crippen LogP contribution in [0.5, 0.6) is 0 Å². The van der Waals surface area contributed by atoms with Crippen LogP contribution in [0, 0.1) is 17.0 Å². The first-order valence-electron chi connectivity index (χ1n) is 10.8.